The number of fused-ring (bicyclic) bond motifs is 6. The number of ketones is 2. The molecule has 139 heavy (non-hydrogen) atoms. The van der Waals surface area contributed by atoms with Gasteiger partial charge in [-0.05, 0) is 225 Å². The minimum atomic E-state index is -0.873. The van der Waals surface area contributed by atoms with Crippen LogP contribution in [-0.4, -0.2) is 270 Å². The molecule has 11 heterocycles. The highest BCUT2D eigenvalue weighted by atomic mass is 79.9. The number of nitrogens with one attached hydrogen (secondary N) is 2. The molecule has 11 aromatic rings. The molecule has 736 valence electrons. The normalized spacial score (nSPS) is 16.4. The van der Waals surface area contributed by atoms with Crippen LogP contribution in [0, 0.1) is 11.3 Å². The highest BCUT2D eigenvalue weighted by Gasteiger charge is 2.31. The number of aliphatic hydroxyl groups excluding tert-OH is 2. The number of nitrogens with zero attached hydrogens (tertiary/aromatic N) is 20. The number of ether oxygens (including phenoxy) is 5. The largest absolute Gasteiger partial charge is 0.481 e. The standard InChI is InChI=1S/C20H26N4O2.C20H24N4O2.C19H25N5O2.C15H13BrN2O2.C8H6BrN.C8H9ClN2O.C7H6Cl2N2.C5H12N2.ClH/c2*1-23-9-11-24(12-10-23)15-6-3-5-14(13-15)18(25)19-21-17-8-4-7-16(17)20(22-19)26-2;1-23-6-8-24(9-7-23)14-5-3-4-13(10-14)17(25)18-21-16-12-20-11-15(16)19(22-18)26-2;1-20-15-11-6-3-7-12(11)17-14(18-15)13(19)9-4-2-5-10(16)8-9;9-8-3-1-2-7(6-8)4-5-10;1-12-7-5-3-2-4-6(5)10-8(9)11-7;8-6-4-2-1-3-5(4)10-7(9)11-6;1-7-4-2-6-3-5-7;/h3,5-6,13,18,25H,4,7-12H2,1-2H3;3,5-6,13H,4,7-12H2,1-2H3;3-5,10,17,20,25H,6-9,11-12H2,1-2H3;2,4-5,8H,3,6-7H2,1H3;1-3,6H,4H2;2-4H2,1H3;1-3H2;6H,2-5H2,1H3;1H. The lowest BCUT2D eigenvalue weighted by Gasteiger charge is -2.34. The summed E-state index contributed by atoms with van der Waals surface area (Å²) in [6, 6.07) is 41.0. The SMILES string of the molecule is CN1CCNCC1.COc1nc(C(=O)c2cccc(Br)c2)nc2c1CCC2.COc1nc(C(=O)c2cccc(N3CCN(C)CC3)c2)nc2c1CCC2.COc1nc(C(O)c2cccc(N3CCN(C)CC3)c2)nc2c1CCC2.COc1nc(C(O)c2cccc(N3CCN(C)CC3)c2)nc2c1CNC2.COc1nc(Cl)nc2c1CCC2.Cl.Clc1nc(Cl)c2c(n1)CCC2.N#CCc1cccc(Br)c1. The fourth-order valence-corrected chi connectivity index (χ4v) is 19.4. The quantitative estimate of drug-likeness (QED) is 0.0374. The van der Waals surface area contributed by atoms with Crippen LogP contribution in [0.2, 0.25) is 15.7 Å². The Hall–Kier alpha value is -10.4. The van der Waals surface area contributed by atoms with Crippen LogP contribution in [0.1, 0.15) is 173 Å². The summed E-state index contributed by atoms with van der Waals surface area (Å²) in [5.41, 5.74) is 19.5. The fourth-order valence-electron chi connectivity index (χ4n) is 17.9. The van der Waals surface area contributed by atoms with E-state index >= 15 is 0 Å². The van der Waals surface area contributed by atoms with Crippen molar-refractivity contribution in [3.63, 3.8) is 0 Å². The number of anilines is 3. The van der Waals surface area contributed by atoms with Crippen molar-refractivity contribution in [1.82, 2.24) is 90.0 Å². The van der Waals surface area contributed by atoms with Gasteiger partial charge in [0.15, 0.2) is 11.6 Å². The second-order valence-corrected chi connectivity index (χ2v) is 38.0. The van der Waals surface area contributed by atoms with E-state index in [4.69, 9.17) is 63.7 Å². The molecule has 21 rings (SSSR count). The second-order valence-electron chi connectivity index (χ2n) is 35.1. The smallest absolute Gasteiger partial charge is 0.230 e. The Balaban J connectivity index is 0.000000138. The first-order valence-electron chi connectivity index (χ1n) is 47.0. The van der Waals surface area contributed by atoms with Gasteiger partial charge in [0.1, 0.15) is 17.4 Å². The van der Waals surface area contributed by atoms with Gasteiger partial charge in [0.05, 0.1) is 87.8 Å². The Morgan fingerprint density at radius 3 is 1.18 bits per heavy atom. The lowest BCUT2D eigenvalue weighted by Crippen LogP contribution is -2.44. The number of aromatic nitrogens is 12. The molecular weight excluding hydrogens is 1980 g/mol. The summed E-state index contributed by atoms with van der Waals surface area (Å²) in [5, 5.41) is 37.7. The van der Waals surface area contributed by atoms with Crippen molar-refractivity contribution in [2.45, 2.75) is 128 Å². The van der Waals surface area contributed by atoms with E-state index in [0.717, 1.165) is 298 Å². The maximum atomic E-state index is 13.0. The lowest BCUT2D eigenvalue weighted by molar-refractivity contribution is 0.102. The molecule has 4 fully saturated rings. The van der Waals surface area contributed by atoms with E-state index in [9.17, 15) is 19.8 Å². The van der Waals surface area contributed by atoms with Gasteiger partial charge < -0.3 is 78.8 Å². The van der Waals surface area contributed by atoms with Crippen molar-refractivity contribution >= 4 is 108 Å². The summed E-state index contributed by atoms with van der Waals surface area (Å²) in [5.74, 6) is 3.81. The molecule has 10 aliphatic rings. The maximum absolute atomic E-state index is 13.0. The van der Waals surface area contributed by atoms with Gasteiger partial charge in [-0.15, -0.1) is 12.4 Å². The Morgan fingerprint density at radius 2 is 0.748 bits per heavy atom. The molecule has 4 N–H and O–H groups in total. The third kappa shape index (κ3) is 28.3. The van der Waals surface area contributed by atoms with E-state index in [-0.39, 0.29) is 46.2 Å². The van der Waals surface area contributed by atoms with Gasteiger partial charge in [-0.2, -0.15) is 30.2 Å². The molecule has 5 aromatic carbocycles. The summed E-state index contributed by atoms with van der Waals surface area (Å²) >= 11 is 23.9. The van der Waals surface area contributed by atoms with Crippen molar-refractivity contribution in [3.05, 3.63) is 265 Å². The van der Waals surface area contributed by atoms with Crippen LogP contribution in [0.3, 0.4) is 0 Å². The molecule has 2 atom stereocenters. The van der Waals surface area contributed by atoms with Crippen molar-refractivity contribution in [1.29, 1.82) is 5.26 Å². The Morgan fingerprint density at radius 1 is 0.388 bits per heavy atom. The van der Waals surface area contributed by atoms with E-state index < -0.39 is 12.2 Å². The number of likely N-dealkylation sites (N-methyl/N-ethyl adjacent to an activating group) is 4. The van der Waals surface area contributed by atoms with Crippen molar-refractivity contribution in [2.75, 3.05) is 183 Å². The number of benzene rings is 5. The van der Waals surface area contributed by atoms with Crippen molar-refractivity contribution in [3.8, 4) is 35.5 Å². The van der Waals surface area contributed by atoms with Gasteiger partial charge in [-0.1, -0.05) is 104 Å². The minimum absolute atomic E-state index is 0. The van der Waals surface area contributed by atoms with Crippen molar-refractivity contribution in [2.24, 2.45) is 0 Å². The van der Waals surface area contributed by atoms with Crippen LogP contribution in [-0.2, 0) is 83.7 Å². The average Bonchev–Trinajstić information content (AvgIpc) is 1.67. The molecule has 0 radical (unpaired) electrons. The Bertz CT molecular complexity index is 5930. The molecular formula is C102H122Br2Cl4N22O9. The number of rotatable bonds is 17. The monoisotopic (exact) mass is 2100 g/mol. The molecule has 37 heteroatoms. The summed E-state index contributed by atoms with van der Waals surface area (Å²) in [4.78, 5) is 93.6. The summed E-state index contributed by atoms with van der Waals surface area (Å²) in [7, 11) is 16.6. The number of hydrogen-bond donors (Lipinski definition) is 4. The van der Waals surface area contributed by atoms with E-state index in [1.54, 1.807) is 47.7 Å². The molecule has 5 aliphatic heterocycles. The van der Waals surface area contributed by atoms with Crippen LogP contribution in [0.4, 0.5) is 17.1 Å². The average molecular weight is 2100 g/mol. The second kappa shape index (κ2) is 51.9. The highest BCUT2D eigenvalue weighted by Crippen LogP contribution is 2.37. The van der Waals surface area contributed by atoms with Gasteiger partial charge in [0.2, 0.25) is 63.2 Å². The number of hydrogen-bond acceptors (Lipinski definition) is 31. The molecule has 0 bridgehead atoms. The van der Waals surface area contributed by atoms with Gasteiger partial charge in [-0.3, -0.25) is 9.59 Å². The Labute approximate surface area is 851 Å². The predicted octanol–water partition coefficient (Wildman–Crippen LogP) is 14.0. The highest BCUT2D eigenvalue weighted by molar-refractivity contribution is 9.10. The number of carbonyl (C=O) groups excluding carboxylic acids is 2. The molecule has 4 saturated heterocycles. The van der Waals surface area contributed by atoms with Crippen LogP contribution in [0.15, 0.2) is 130 Å². The molecule has 0 saturated carbocycles. The van der Waals surface area contributed by atoms with Crippen LogP contribution >= 0.6 is 79.1 Å². The van der Waals surface area contributed by atoms with Gasteiger partial charge >= 0.3 is 0 Å². The first-order chi connectivity index (χ1) is 66.9. The minimum Gasteiger partial charge on any atom is -0.481 e. The number of aryl methyl sites for hydroxylation is 5. The third-order valence-electron chi connectivity index (χ3n) is 25.6. The fraction of sp³-hybridized carbons (Fsp3) is 0.441. The summed E-state index contributed by atoms with van der Waals surface area (Å²) < 4.78 is 28.5. The van der Waals surface area contributed by atoms with Gasteiger partial charge in [0.25, 0.3) is 0 Å². The lowest BCUT2D eigenvalue weighted by atomic mass is 10.1. The molecule has 6 aromatic heterocycles. The zero-order chi connectivity index (χ0) is 97.3. The van der Waals surface area contributed by atoms with Crippen LogP contribution in [0.25, 0.3) is 0 Å². The zero-order valence-electron chi connectivity index (χ0n) is 80.2. The predicted molar refractivity (Wildman–Crippen MR) is 549 cm³/mol. The topological polar surface area (TPSA) is 346 Å². The zero-order valence-corrected chi connectivity index (χ0v) is 86.5. The Kier molecular flexibility index (Phi) is 39.5. The number of piperazine rings is 4. The number of carbonyl (C=O) groups is 2. The molecule has 5 aliphatic carbocycles. The van der Waals surface area contributed by atoms with E-state index in [2.05, 4.69) is 195 Å². The summed E-state index contributed by atoms with van der Waals surface area (Å²) in [6.45, 7) is 18.3. The number of nitriles is 1. The van der Waals surface area contributed by atoms with Gasteiger partial charge in [0, 0.05) is 183 Å². The molecule has 2 unspecified atom stereocenters. The number of aliphatic hydroxyl groups is 2. The number of halogens is 6. The number of methoxy groups -OCH3 is 5. The third-order valence-corrected chi connectivity index (χ3v) is 27.3. The molecule has 0 spiro atoms. The summed E-state index contributed by atoms with van der Waals surface area (Å²) in [6.07, 6.45) is 13.6. The van der Waals surface area contributed by atoms with E-state index in [1.807, 2.05) is 84.9 Å². The first-order valence-corrected chi connectivity index (χ1v) is 49.8. The van der Waals surface area contributed by atoms with E-state index in [1.165, 1.54) is 13.1 Å². The first kappa shape index (κ1) is 106. The maximum Gasteiger partial charge on any atom is 0.230 e. The van der Waals surface area contributed by atoms with E-state index in [0.29, 0.717) is 76.8 Å². The van der Waals surface area contributed by atoms with Crippen LogP contribution in [0.5, 0.6) is 29.4 Å². The van der Waals surface area contributed by atoms with Gasteiger partial charge in [-0.25, -0.2) is 34.9 Å². The molecule has 31 nitrogen and oxygen atoms in total. The van der Waals surface area contributed by atoms with Crippen LogP contribution < -0.4 is 49.0 Å². The van der Waals surface area contributed by atoms with Crippen molar-refractivity contribution < 1.29 is 43.5 Å². The molecule has 0 amide bonds.